The molecule has 1 N–H and O–H groups in total. The smallest absolute Gasteiger partial charge is 0.0294 e. The van der Waals surface area contributed by atoms with E-state index in [-0.39, 0.29) is 0 Å². The Balaban J connectivity index is 1.87. The number of nitrogens with one attached hydrogen (secondary N) is 1. The van der Waals surface area contributed by atoms with Crippen molar-refractivity contribution in [1.82, 2.24) is 5.32 Å². The molecule has 0 aromatic heterocycles. The number of hydrogen-bond donors (Lipinski definition) is 1. The molecule has 0 bridgehead atoms. The summed E-state index contributed by atoms with van der Waals surface area (Å²) in [6.45, 7) is 9.16. The number of hydrogen-bond acceptors (Lipinski definition) is 1. The third-order valence-corrected chi connectivity index (χ3v) is 4.65. The molecule has 0 amide bonds. The van der Waals surface area contributed by atoms with Crippen molar-refractivity contribution in [2.75, 3.05) is 0 Å². The molecule has 1 aliphatic rings. The minimum absolute atomic E-state index is 0.471. The zero-order valence-electron chi connectivity index (χ0n) is 13.7. The summed E-state index contributed by atoms with van der Waals surface area (Å²) in [5.41, 5.74) is 2.76. The average Bonchev–Trinajstić information content (AvgIpc) is 2.39. The van der Waals surface area contributed by atoms with E-state index in [1.54, 1.807) is 0 Å². The Bertz CT molecular complexity index is 393. The fraction of sp³-hybridized carbons (Fsp3) is 0.684. The Hall–Kier alpha value is -0.820. The average molecular weight is 273 g/mol. The van der Waals surface area contributed by atoms with E-state index in [4.69, 9.17) is 0 Å². The molecular weight excluding hydrogens is 242 g/mol. The van der Waals surface area contributed by atoms with Gasteiger partial charge in [-0.15, -0.1) is 0 Å². The highest BCUT2D eigenvalue weighted by Gasteiger charge is 2.23. The number of rotatable bonds is 5. The van der Waals surface area contributed by atoms with Crippen LogP contribution in [0.25, 0.3) is 0 Å². The van der Waals surface area contributed by atoms with Crippen LogP contribution in [0.5, 0.6) is 0 Å². The number of aryl methyl sites for hydroxylation is 1. The molecule has 3 atom stereocenters. The molecule has 1 aromatic carbocycles. The molecule has 1 heteroatoms. The van der Waals surface area contributed by atoms with Crippen LogP contribution in [0.1, 0.15) is 70.0 Å². The monoisotopic (exact) mass is 273 g/mol. The molecule has 1 aromatic rings. The lowest BCUT2D eigenvalue weighted by molar-refractivity contribution is 0.242. The molecule has 1 nitrogen and oxygen atoms in total. The molecule has 2 rings (SSSR count). The molecule has 1 fully saturated rings. The second-order valence-electron chi connectivity index (χ2n) is 7.16. The first-order valence-electron chi connectivity index (χ1n) is 8.37. The minimum Gasteiger partial charge on any atom is -0.307 e. The fourth-order valence-corrected chi connectivity index (χ4v) is 3.63. The highest BCUT2D eigenvalue weighted by Crippen LogP contribution is 2.30. The molecule has 2 unspecified atom stereocenters. The van der Waals surface area contributed by atoms with Gasteiger partial charge in [0.05, 0.1) is 0 Å². The van der Waals surface area contributed by atoms with Crippen molar-refractivity contribution < 1.29 is 0 Å². The fourth-order valence-electron chi connectivity index (χ4n) is 3.63. The van der Waals surface area contributed by atoms with Gasteiger partial charge in [0, 0.05) is 12.1 Å². The molecule has 1 saturated carbocycles. The van der Waals surface area contributed by atoms with Gasteiger partial charge in [0.1, 0.15) is 0 Å². The lowest BCUT2D eigenvalue weighted by Crippen LogP contribution is -2.36. The van der Waals surface area contributed by atoms with Gasteiger partial charge >= 0.3 is 0 Å². The first-order chi connectivity index (χ1) is 9.54. The second kappa shape index (κ2) is 7.26. The van der Waals surface area contributed by atoms with E-state index in [0.29, 0.717) is 12.1 Å². The highest BCUT2D eigenvalue weighted by atomic mass is 14.9. The standard InChI is InChI=1S/C19H31N/c1-14(2)12-17-6-5-7-19(13-17)20-16(4)18-10-8-15(3)9-11-18/h8-11,14,16-17,19-20H,5-7,12-13H2,1-4H3/t16-,17?,19?/m1/s1. The van der Waals surface area contributed by atoms with Gasteiger partial charge in [-0.3, -0.25) is 0 Å². The minimum atomic E-state index is 0.471. The highest BCUT2D eigenvalue weighted by molar-refractivity contribution is 5.23. The SMILES string of the molecule is Cc1ccc([C@@H](C)NC2CCCC(CC(C)C)C2)cc1. The second-order valence-corrected chi connectivity index (χ2v) is 7.16. The van der Waals surface area contributed by atoms with Crippen molar-refractivity contribution in [3.63, 3.8) is 0 Å². The van der Waals surface area contributed by atoms with E-state index in [2.05, 4.69) is 57.3 Å². The van der Waals surface area contributed by atoms with Crippen LogP contribution in [0, 0.1) is 18.8 Å². The summed E-state index contributed by atoms with van der Waals surface area (Å²) < 4.78 is 0. The quantitative estimate of drug-likeness (QED) is 0.772. The third kappa shape index (κ3) is 4.63. The maximum Gasteiger partial charge on any atom is 0.0294 e. The molecule has 1 aliphatic carbocycles. The first kappa shape index (κ1) is 15.6. The van der Waals surface area contributed by atoms with Crippen LogP contribution >= 0.6 is 0 Å². The summed E-state index contributed by atoms with van der Waals surface area (Å²) in [6.07, 6.45) is 6.96. The molecular formula is C19H31N. The topological polar surface area (TPSA) is 12.0 Å². The van der Waals surface area contributed by atoms with E-state index in [1.165, 1.54) is 43.2 Å². The Labute approximate surface area is 125 Å². The molecule has 0 saturated heterocycles. The van der Waals surface area contributed by atoms with Crippen LogP contribution in [0.4, 0.5) is 0 Å². The summed E-state index contributed by atoms with van der Waals surface area (Å²) in [6, 6.07) is 10.1. The molecule has 0 aliphatic heterocycles. The maximum absolute atomic E-state index is 3.86. The van der Waals surface area contributed by atoms with E-state index in [9.17, 15) is 0 Å². The summed E-state index contributed by atoms with van der Waals surface area (Å²) in [7, 11) is 0. The summed E-state index contributed by atoms with van der Waals surface area (Å²) in [4.78, 5) is 0. The Morgan fingerprint density at radius 2 is 1.80 bits per heavy atom. The van der Waals surface area contributed by atoms with Gasteiger partial charge in [0.15, 0.2) is 0 Å². The number of benzene rings is 1. The normalized spacial score (nSPS) is 24.9. The van der Waals surface area contributed by atoms with Crippen LogP contribution in [-0.4, -0.2) is 6.04 Å². The van der Waals surface area contributed by atoms with Crippen molar-refractivity contribution in [3.8, 4) is 0 Å². The Morgan fingerprint density at radius 3 is 2.45 bits per heavy atom. The van der Waals surface area contributed by atoms with Gasteiger partial charge in [-0.1, -0.05) is 56.5 Å². The summed E-state index contributed by atoms with van der Waals surface area (Å²) in [5, 5.41) is 3.86. The van der Waals surface area contributed by atoms with Crippen LogP contribution in [-0.2, 0) is 0 Å². The van der Waals surface area contributed by atoms with Crippen molar-refractivity contribution in [2.45, 2.75) is 71.9 Å². The molecule has 0 heterocycles. The van der Waals surface area contributed by atoms with Gasteiger partial charge in [-0.2, -0.15) is 0 Å². The molecule has 112 valence electrons. The van der Waals surface area contributed by atoms with Gasteiger partial charge in [0.2, 0.25) is 0 Å². The molecule has 0 spiro atoms. The first-order valence-corrected chi connectivity index (χ1v) is 8.37. The van der Waals surface area contributed by atoms with E-state index >= 15 is 0 Å². The van der Waals surface area contributed by atoms with Crippen LogP contribution < -0.4 is 5.32 Å². The van der Waals surface area contributed by atoms with Crippen LogP contribution in [0.3, 0.4) is 0 Å². The van der Waals surface area contributed by atoms with Crippen LogP contribution in [0.15, 0.2) is 24.3 Å². The van der Waals surface area contributed by atoms with Crippen LogP contribution in [0.2, 0.25) is 0 Å². The Morgan fingerprint density at radius 1 is 1.10 bits per heavy atom. The third-order valence-electron chi connectivity index (χ3n) is 4.65. The van der Waals surface area contributed by atoms with Crippen molar-refractivity contribution in [3.05, 3.63) is 35.4 Å². The predicted molar refractivity (Wildman–Crippen MR) is 87.9 cm³/mol. The van der Waals surface area contributed by atoms with Gasteiger partial charge in [0.25, 0.3) is 0 Å². The molecule has 20 heavy (non-hydrogen) atoms. The van der Waals surface area contributed by atoms with Gasteiger partial charge < -0.3 is 5.32 Å². The van der Waals surface area contributed by atoms with Crippen molar-refractivity contribution >= 4 is 0 Å². The largest absolute Gasteiger partial charge is 0.307 e. The zero-order valence-corrected chi connectivity index (χ0v) is 13.7. The lowest BCUT2D eigenvalue weighted by Gasteiger charge is -2.33. The van der Waals surface area contributed by atoms with E-state index in [0.717, 1.165) is 11.8 Å². The zero-order chi connectivity index (χ0) is 14.5. The maximum atomic E-state index is 3.86. The summed E-state index contributed by atoms with van der Waals surface area (Å²) >= 11 is 0. The predicted octanol–water partition coefficient (Wildman–Crippen LogP) is 5.25. The lowest BCUT2D eigenvalue weighted by atomic mass is 9.81. The van der Waals surface area contributed by atoms with Crippen molar-refractivity contribution in [2.24, 2.45) is 11.8 Å². The summed E-state index contributed by atoms with van der Waals surface area (Å²) in [5.74, 6) is 1.78. The van der Waals surface area contributed by atoms with Crippen molar-refractivity contribution in [1.29, 1.82) is 0 Å². The van der Waals surface area contributed by atoms with E-state index < -0.39 is 0 Å². The van der Waals surface area contributed by atoms with E-state index in [1.807, 2.05) is 0 Å². The van der Waals surface area contributed by atoms with Gasteiger partial charge in [-0.05, 0) is 50.5 Å². The Kier molecular flexibility index (Phi) is 5.65. The van der Waals surface area contributed by atoms with Gasteiger partial charge in [-0.25, -0.2) is 0 Å². The molecule has 0 radical (unpaired) electrons.